The number of imidazole rings is 1. The summed E-state index contributed by atoms with van der Waals surface area (Å²) in [5.41, 5.74) is 3.93. The van der Waals surface area contributed by atoms with E-state index in [1.54, 1.807) is 28.6 Å². The van der Waals surface area contributed by atoms with Gasteiger partial charge in [0.2, 0.25) is 0 Å². The van der Waals surface area contributed by atoms with Crippen molar-refractivity contribution in [1.82, 2.24) is 19.3 Å². The number of anilines is 2. The van der Waals surface area contributed by atoms with Crippen LogP contribution >= 0.6 is 0 Å². The normalized spacial score (nSPS) is 14.6. The number of aromatic amines is 1. The van der Waals surface area contributed by atoms with Crippen LogP contribution in [-0.2, 0) is 4.74 Å². The number of halogens is 1. The lowest BCUT2D eigenvalue weighted by Gasteiger charge is -2.40. The number of piperidine rings is 1. The van der Waals surface area contributed by atoms with E-state index in [0.29, 0.717) is 30.0 Å². The van der Waals surface area contributed by atoms with Gasteiger partial charge in [0.15, 0.2) is 11.5 Å². The number of aromatic nitrogens is 3. The molecule has 1 aliphatic rings. The van der Waals surface area contributed by atoms with Crippen molar-refractivity contribution in [1.29, 1.82) is 0 Å². The largest absolute Gasteiger partial charge is 0.444 e. The Kier molecular flexibility index (Phi) is 7.20. The molecule has 10 heteroatoms. The number of nitrogens with zero attached hydrogens (tertiary/aromatic N) is 4. The first-order valence-electron chi connectivity index (χ1n) is 13.8. The lowest BCUT2D eigenvalue weighted by Crippen LogP contribution is -2.48. The van der Waals surface area contributed by atoms with Crippen LogP contribution in [0.1, 0.15) is 62.3 Å². The van der Waals surface area contributed by atoms with Crippen LogP contribution in [0, 0.1) is 19.7 Å². The highest BCUT2D eigenvalue weighted by molar-refractivity contribution is 6.14. The molecular weight excluding hydrogens is 511 g/mol. The molecule has 1 saturated heterocycles. The van der Waals surface area contributed by atoms with Gasteiger partial charge in [-0.15, -0.1) is 0 Å². The Bertz CT molecular complexity index is 1580. The molecule has 0 saturated carbocycles. The molecule has 212 valence electrons. The van der Waals surface area contributed by atoms with Crippen molar-refractivity contribution in [3.63, 3.8) is 0 Å². The third-order valence-corrected chi connectivity index (χ3v) is 7.24. The first kappa shape index (κ1) is 27.5. The Morgan fingerprint density at radius 2 is 1.90 bits per heavy atom. The van der Waals surface area contributed by atoms with Crippen LogP contribution in [0.2, 0.25) is 0 Å². The van der Waals surface area contributed by atoms with Crippen molar-refractivity contribution in [2.45, 2.75) is 66.0 Å². The number of H-pyrrole nitrogens is 1. The fourth-order valence-corrected chi connectivity index (χ4v) is 5.54. The maximum absolute atomic E-state index is 14.6. The monoisotopic (exact) mass is 548 g/mol. The number of hydrogen-bond acceptors (Lipinski definition) is 5. The van der Waals surface area contributed by atoms with E-state index in [1.165, 1.54) is 6.07 Å². The molecule has 0 spiro atoms. The number of benzene rings is 1. The second-order valence-corrected chi connectivity index (χ2v) is 11.5. The summed E-state index contributed by atoms with van der Waals surface area (Å²) < 4.78 is 21.7. The number of fused-ring (bicyclic) bond motifs is 2. The number of carbonyl (C=O) groups is 2. The Morgan fingerprint density at radius 3 is 2.58 bits per heavy atom. The minimum Gasteiger partial charge on any atom is -0.444 e. The van der Waals surface area contributed by atoms with Gasteiger partial charge in [0.1, 0.15) is 5.60 Å². The van der Waals surface area contributed by atoms with Crippen molar-refractivity contribution >= 4 is 39.9 Å². The van der Waals surface area contributed by atoms with E-state index in [0.717, 1.165) is 41.7 Å². The Hall–Kier alpha value is -4.08. The van der Waals surface area contributed by atoms with Crippen LogP contribution in [0.25, 0.3) is 16.6 Å². The van der Waals surface area contributed by atoms with Gasteiger partial charge in [0.05, 0.1) is 22.5 Å². The summed E-state index contributed by atoms with van der Waals surface area (Å²) in [7, 11) is 0. The number of rotatable bonds is 5. The quantitative estimate of drug-likeness (QED) is 0.317. The summed E-state index contributed by atoms with van der Waals surface area (Å²) in [5, 5.41) is 3.80. The molecule has 1 aromatic carbocycles. The molecule has 2 N–H and O–H groups in total. The number of carbonyl (C=O) groups excluding carboxylic acids is 2. The van der Waals surface area contributed by atoms with Crippen LogP contribution in [0.15, 0.2) is 36.7 Å². The summed E-state index contributed by atoms with van der Waals surface area (Å²) in [6.07, 6.45) is 4.75. The maximum Gasteiger partial charge on any atom is 0.410 e. The summed E-state index contributed by atoms with van der Waals surface area (Å²) in [6.45, 7) is 13.5. The van der Waals surface area contributed by atoms with Crippen LogP contribution in [0.4, 0.5) is 20.6 Å². The van der Waals surface area contributed by atoms with Crippen molar-refractivity contribution in [3.05, 3.63) is 59.4 Å². The third-order valence-electron chi connectivity index (χ3n) is 7.24. The Labute approximate surface area is 233 Å². The second-order valence-electron chi connectivity index (χ2n) is 11.5. The lowest BCUT2D eigenvalue weighted by molar-refractivity contribution is 0.0205. The van der Waals surface area contributed by atoms with Gasteiger partial charge in [0, 0.05) is 60.9 Å². The summed E-state index contributed by atoms with van der Waals surface area (Å²) >= 11 is 0. The van der Waals surface area contributed by atoms with E-state index < -0.39 is 11.4 Å². The first-order chi connectivity index (χ1) is 18.9. The number of likely N-dealkylation sites (tertiary alicyclic amines) is 1. The van der Waals surface area contributed by atoms with Gasteiger partial charge in [-0.1, -0.05) is 0 Å². The van der Waals surface area contributed by atoms with E-state index in [1.807, 2.05) is 39.8 Å². The van der Waals surface area contributed by atoms with Gasteiger partial charge >= 0.3 is 6.09 Å². The molecule has 9 nitrogen and oxygen atoms in total. The molecule has 0 unspecified atom stereocenters. The zero-order valence-corrected chi connectivity index (χ0v) is 24.0. The number of nitrogens with one attached hydrogen (secondary N) is 2. The molecule has 4 heterocycles. The Balaban J connectivity index is 1.37. The number of pyridine rings is 1. The molecule has 5 rings (SSSR count). The van der Waals surface area contributed by atoms with Crippen molar-refractivity contribution in [2.24, 2.45) is 0 Å². The molecular formula is C30H37FN6O3. The minimum atomic E-state index is -0.519. The number of amides is 2. The summed E-state index contributed by atoms with van der Waals surface area (Å²) in [6, 6.07) is 7.39. The predicted molar refractivity (Wildman–Crippen MR) is 155 cm³/mol. The van der Waals surface area contributed by atoms with E-state index in [2.05, 4.69) is 33.2 Å². The first-order valence-corrected chi connectivity index (χ1v) is 13.8. The smallest absolute Gasteiger partial charge is 0.410 e. The molecule has 0 atom stereocenters. The molecule has 0 radical (unpaired) electrons. The molecule has 1 aliphatic heterocycles. The molecule has 0 aliphatic carbocycles. The Morgan fingerprint density at radius 1 is 1.18 bits per heavy atom. The van der Waals surface area contributed by atoms with Gasteiger partial charge in [-0.2, -0.15) is 0 Å². The maximum atomic E-state index is 14.6. The number of hydrogen-bond donors (Lipinski definition) is 2. The zero-order chi connectivity index (χ0) is 28.8. The summed E-state index contributed by atoms with van der Waals surface area (Å²) in [5.74, 6) is -0.832. The fraction of sp³-hybridized carbons (Fsp3) is 0.433. The van der Waals surface area contributed by atoms with Gasteiger partial charge in [-0.05, 0) is 72.6 Å². The highest BCUT2D eigenvalue weighted by Gasteiger charge is 2.30. The van der Waals surface area contributed by atoms with Crippen LogP contribution in [-0.4, -0.2) is 62.5 Å². The molecule has 3 aromatic heterocycles. The van der Waals surface area contributed by atoms with Gasteiger partial charge in [-0.25, -0.2) is 14.2 Å². The number of ether oxygens (including phenoxy) is 1. The van der Waals surface area contributed by atoms with E-state index in [9.17, 15) is 14.0 Å². The lowest BCUT2D eigenvalue weighted by atomic mass is 10.0. The van der Waals surface area contributed by atoms with E-state index in [4.69, 9.17) is 4.74 Å². The van der Waals surface area contributed by atoms with Gasteiger partial charge in [0.25, 0.3) is 5.91 Å². The molecule has 0 bridgehead atoms. The highest BCUT2D eigenvalue weighted by atomic mass is 19.1. The fourth-order valence-electron chi connectivity index (χ4n) is 5.54. The van der Waals surface area contributed by atoms with Crippen molar-refractivity contribution in [3.8, 4) is 0 Å². The molecule has 4 aromatic rings. The second kappa shape index (κ2) is 10.5. The predicted octanol–water partition coefficient (Wildman–Crippen LogP) is 6.05. The van der Waals surface area contributed by atoms with Crippen LogP contribution in [0.5, 0.6) is 0 Å². The SMILES string of the molecule is CCN(c1ccc(C(=O)Nc2cc(F)c3nc(C)cn3c2)c2[nH]c(C)cc12)C1CCN(C(=O)OC(C)(C)C)CC1. The standard InChI is InChI=1S/C30H37FN6O3/c1-7-37(21-10-12-35(13-11-21)29(39)40-30(4,5)6)25-9-8-22(26-23(25)14-18(2)32-26)28(38)34-20-15-24(31)27-33-19(3)16-36(27)17-20/h8-9,14-17,21,32H,7,10-13H2,1-6H3,(H,34,38). The highest BCUT2D eigenvalue weighted by Crippen LogP contribution is 2.34. The average molecular weight is 549 g/mol. The van der Waals surface area contributed by atoms with E-state index in [-0.39, 0.29) is 23.7 Å². The zero-order valence-electron chi connectivity index (χ0n) is 24.0. The topological polar surface area (TPSA) is 95.0 Å². The van der Waals surface area contributed by atoms with Crippen molar-refractivity contribution < 1.29 is 18.7 Å². The minimum absolute atomic E-state index is 0.221. The number of aryl methyl sites for hydroxylation is 2. The average Bonchev–Trinajstić information content (AvgIpc) is 3.45. The summed E-state index contributed by atoms with van der Waals surface area (Å²) in [4.78, 5) is 37.6. The molecule has 40 heavy (non-hydrogen) atoms. The molecule has 1 fully saturated rings. The van der Waals surface area contributed by atoms with Crippen molar-refractivity contribution in [2.75, 3.05) is 29.9 Å². The third kappa shape index (κ3) is 5.48. The van der Waals surface area contributed by atoms with Crippen LogP contribution < -0.4 is 10.2 Å². The van der Waals surface area contributed by atoms with Gasteiger partial charge in [-0.3, -0.25) is 4.79 Å². The molecule has 2 amide bonds. The van der Waals surface area contributed by atoms with E-state index >= 15 is 0 Å². The van der Waals surface area contributed by atoms with Gasteiger partial charge < -0.3 is 29.2 Å². The van der Waals surface area contributed by atoms with Crippen LogP contribution in [0.3, 0.4) is 0 Å².